The van der Waals surface area contributed by atoms with Gasteiger partial charge < -0.3 is 9.73 Å². The van der Waals surface area contributed by atoms with E-state index in [1.165, 1.54) is 17.6 Å². The van der Waals surface area contributed by atoms with Gasteiger partial charge >= 0.3 is 0 Å². The Morgan fingerprint density at radius 3 is 3.05 bits per heavy atom. The third kappa shape index (κ3) is 4.25. The van der Waals surface area contributed by atoms with Gasteiger partial charge in [-0.1, -0.05) is 13.0 Å². The van der Waals surface area contributed by atoms with Crippen LogP contribution in [0.2, 0.25) is 0 Å². The topological polar surface area (TPSA) is 72.2 Å². The van der Waals surface area contributed by atoms with E-state index >= 15 is 0 Å². The average Bonchev–Trinajstić information content (AvgIpc) is 3.14. The maximum atomic E-state index is 12.2. The molecule has 0 spiro atoms. The molecule has 1 N–H and O–H groups in total. The van der Waals surface area contributed by atoms with Crippen molar-refractivity contribution in [2.75, 3.05) is 6.54 Å². The summed E-state index contributed by atoms with van der Waals surface area (Å²) in [5.41, 5.74) is 0.604. The molecule has 114 valence electrons. The highest BCUT2D eigenvalue weighted by molar-refractivity contribution is 7.85. The quantitative estimate of drug-likeness (QED) is 0.849. The van der Waals surface area contributed by atoms with E-state index in [0.717, 1.165) is 11.3 Å². The van der Waals surface area contributed by atoms with Crippen LogP contribution in [0.5, 0.6) is 0 Å². The van der Waals surface area contributed by atoms with Gasteiger partial charge in [0.2, 0.25) is 11.8 Å². The van der Waals surface area contributed by atoms with Crippen LogP contribution in [-0.2, 0) is 21.3 Å². The number of oxazole rings is 1. The molecule has 0 bridgehead atoms. The van der Waals surface area contributed by atoms with Crippen molar-refractivity contribution < 1.29 is 13.4 Å². The van der Waals surface area contributed by atoms with Crippen molar-refractivity contribution in [3.63, 3.8) is 0 Å². The number of amides is 1. The zero-order chi connectivity index (χ0) is 15.2. The van der Waals surface area contributed by atoms with E-state index < -0.39 is 16.0 Å². The molecule has 7 heteroatoms. The smallest absolute Gasteiger partial charge is 0.236 e. The molecule has 0 saturated carbocycles. The molecule has 2 atom stereocenters. The summed E-state index contributed by atoms with van der Waals surface area (Å²) in [4.78, 5) is 17.0. The summed E-state index contributed by atoms with van der Waals surface area (Å²) in [7, 11) is -1.31. The summed E-state index contributed by atoms with van der Waals surface area (Å²) < 4.78 is 17.6. The van der Waals surface area contributed by atoms with Crippen LogP contribution >= 0.6 is 11.3 Å². The molecule has 0 unspecified atom stereocenters. The van der Waals surface area contributed by atoms with Crippen molar-refractivity contribution in [1.29, 1.82) is 0 Å². The van der Waals surface area contributed by atoms with Crippen LogP contribution < -0.4 is 5.32 Å². The zero-order valence-corrected chi connectivity index (χ0v) is 13.6. The fourth-order valence-electron chi connectivity index (χ4n) is 1.67. The highest BCUT2D eigenvalue weighted by Gasteiger charge is 2.21. The van der Waals surface area contributed by atoms with E-state index in [0.29, 0.717) is 18.1 Å². The first-order valence-electron chi connectivity index (χ1n) is 6.75. The van der Waals surface area contributed by atoms with Crippen molar-refractivity contribution in [2.45, 2.75) is 31.3 Å². The normalized spacial score (nSPS) is 13.8. The summed E-state index contributed by atoms with van der Waals surface area (Å²) in [6.07, 6.45) is 2.36. The van der Waals surface area contributed by atoms with Gasteiger partial charge in [0.05, 0.1) is 16.3 Å². The molecule has 21 heavy (non-hydrogen) atoms. The molecule has 0 saturated heterocycles. The Morgan fingerprint density at radius 2 is 2.38 bits per heavy atom. The second-order valence-electron chi connectivity index (χ2n) is 4.58. The van der Waals surface area contributed by atoms with E-state index in [-0.39, 0.29) is 11.7 Å². The molecule has 0 fully saturated rings. The van der Waals surface area contributed by atoms with Crippen LogP contribution in [0, 0.1) is 0 Å². The molecular formula is C14H18N2O3S2. The minimum absolute atomic E-state index is 0.183. The van der Waals surface area contributed by atoms with Gasteiger partial charge in [0.15, 0.2) is 0 Å². The van der Waals surface area contributed by atoms with Crippen molar-refractivity contribution in [3.05, 3.63) is 29.5 Å². The second kappa shape index (κ2) is 7.51. The molecule has 5 nitrogen and oxygen atoms in total. The number of nitrogens with one attached hydrogen (secondary N) is 1. The number of aromatic nitrogens is 1. The van der Waals surface area contributed by atoms with Crippen LogP contribution in [0.3, 0.4) is 0 Å². The van der Waals surface area contributed by atoms with E-state index in [2.05, 4.69) is 10.3 Å². The number of nitrogens with zero attached hydrogens (tertiary/aromatic N) is 1. The highest BCUT2D eigenvalue weighted by atomic mass is 32.2. The van der Waals surface area contributed by atoms with Gasteiger partial charge in [0.25, 0.3) is 0 Å². The number of hydrogen-bond donors (Lipinski definition) is 1. The van der Waals surface area contributed by atoms with Crippen molar-refractivity contribution in [3.8, 4) is 10.8 Å². The van der Waals surface area contributed by atoms with Gasteiger partial charge in [0, 0.05) is 17.3 Å². The van der Waals surface area contributed by atoms with Crippen LogP contribution in [-0.4, -0.2) is 26.9 Å². The molecule has 0 radical (unpaired) electrons. The molecular weight excluding hydrogens is 308 g/mol. The lowest BCUT2D eigenvalue weighted by Crippen LogP contribution is -2.36. The third-order valence-corrected chi connectivity index (χ3v) is 5.33. The Balaban J connectivity index is 1.95. The van der Waals surface area contributed by atoms with Gasteiger partial charge in [-0.2, -0.15) is 0 Å². The van der Waals surface area contributed by atoms with Crippen LogP contribution in [0.15, 0.2) is 28.2 Å². The lowest BCUT2D eigenvalue weighted by Gasteiger charge is -2.10. The van der Waals surface area contributed by atoms with Crippen LogP contribution in [0.25, 0.3) is 10.8 Å². The summed E-state index contributed by atoms with van der Waals surface area (Å²) in [5, 5.41) is 4.14. The molecule has 2 aromatic rings. The number of rotatable bonds is 7. The molecule has 0 aliphatic carbocycles. The number of thiophene rings is 1. The number of hydrogen-bond acceptors (Lipinski definition) is 5. The van der Waals surface area contributed by atoms with Gasteiger partial charge in [0.1, 0.15) is 11.5 Å². The molecule has 0 aliphatic rings. The number of carbonyl (C=O) groups is 1. The van der Waals surface area contributed by atoms with Crippen molar-refractivity contribution in [1.82, 2.24) is 10.3 Å². The van der Waals surface area contributed by atoms with E-state index in [4.69, 9.17) is 4.42 Å². The van der Waals surface area contributed by atoms with Gasteiger partial charge in [-0.25, -0.2) is 4.98 Å². The Bertz CT molecular complexity index is 608. The number of carbonyl (C=O) groups excluding carboxylic acids is 1. The molecule has 2 heterocycles. The largest absolute Gasteiger partial charge is 0.444 e. The fourth-order valence-corrected chi connectivity index (χ4v) is 3.32. The fraction of sp³-hybridized carbons (Fsp3) is 0.429. The highest BCUT2D eigenvalue weighted by Crippen LogP contribution is 2.24. The maximum absolute atomic E-state index is 12.2. The standard InChI is InChI=1S/C14H18N2O3S2/c1-3-6-15-13(17)10(2)21(18)9-11-8-19-14(16-11)12-5-4-7-20-12/h4-5,7-8,10H,3,6,9H2,1-2H3,(H,15,17)/t10-,21-/m1/s1. The SMILES string of the molecule is CCCNC(=O)[C@@H](C)[S@](=O)Cc1coc(-c2cccs2)n1. The average molecular weight is 326 g/mol. The van der Waals surface area contributed by atoms with Gasteiger partial charge in [-0.15, -0.1) is 11.3 Å². The molecule has 1 amide bonds. The molecule has 0 aliphatic heterocycles. The minimum Gasteiger partial charge on any atom is -0.444 e. The van der Waals surface area contributed by atoms with Crippen LogP contribution in [0.4, 0.5) is 0 Å². The first-order chi connectivity index (χ1) is 10.1. The predicted octanol–water partition coefficient (Wildman–Crippen LogP) is 2.57. The summed E-state index contributed by atoms with van der Waals surface area (Å²) in [6, 6.07) is 3.83. The zero-order valence-electron chi connectivity index (χ0n) is 12.0. The van der Waals surface area contributed by atoms with E-state index in [1.54, 1.807) is 6.92 Å². The minimum atomic E-state index is -1.31. The lowest BCUT2D eigenvalue weighted by atomic mass is 10.4. The first-order valence-corrected chi connectivity index (χ1v) is 9.01. The Kier molecular flexibility index (Phi) is 5.69. The molecule has 2 rings (SSSR count). The van der Waals surface area contributed by atoms with Gasteiger partial charge in [-0.3, -0.25) is 9.00 Å². The lowest BCUT2D eigenvalue weighted by molar-refractivity contribution is -0.120. The predicted molar refractivity (Wildman–Crippen MR) is 84.4 cm³/mol. The van der Waals surface area contributed by atoms with Gasteiger partial charge in [-0.05, 0) is 24.8 Å². The van der Waals surface area contributed by atoms with Crippen molar-refractivity contribution >= 4 is 28.0 Å². The first kappa shape index (κ1) is 15.9. The third-order valence-electron chi connectivity index (χ3n) is 2.89. The summed E-state index contributed by atoms with van der Waals surface area (Å²) >= 11 is 1.53. The summed E-state index contributed by atoms with van der Waals surface area (Å²) in [5.74, 6) is 0.563. The maximum Gasteiger partial charge on any atom is 0.236 e. The van der Waals surface area contributed by atoms with E-state index in [1.807, 2.05) is 24.4 Å². The van der Waals surface area contributed by atoms with E-state index in [9.17, 15) is 9.00 Å². The monoisotopic (exact) mass is 326 g/mol. The van der Waals surface area contributed by atoms with Crippen LogP contribution in [0.1, 0.15) is 26.0 Å². The Morgan fingerprint density at radius 1 is 1.57 bits per heavy atom. The molecule has 0 aromatic carbocycles. The Hall–Kier alpha value is -1.47. The second-order valence-corrected chi connectivity index (χ2v) is 7.28. The molecule has 2 aromatic heterocycles. The summed E-state index contributed by atoms with van der Waals surface area (Å²) in [6.45, 7) is 4.25. The van der Waals surface area contributed by atoms with Crippen molar-refractivity contribution in [2.24, 2.45) is 0 Å². The Labute approximate surface area is 130 Å².